The number of esters is 1. The molecule has 2 aromatic carbocycles. The number of ether oxygens (including phenoxy) is 1. The van der Waals surface area contributed by atoms with Crippen molar-refractivity contribution in [3.8, 4) is 0 Å². The third kappa shape index (κ3) is 4.44. The Bertz CT molecular complexity index is 750. The van der Waals surface area contributed by atoms with Gasteiger partial charge in [-0.2, -0.15) is 0 Å². The molecule has 0 bridgehead atoms. The lowest BCUT2D eigenvalue weighted by molar-refractivity contribution is -0.119. The molecule has 0 aliphatic heterocycles. The Hall–Kier alpha value is -2.62. The molecule has 2 aromatic rings. The fourth-order valence-corrected chi connectivity index (χ4v) is 2.47. The summed E-state index contributed by atoms with van der Waals surface area (Å²) in [4.78, 5) is 24.2. The quantitative estimate of drug-likeness (QED) is 0.837. The molecule has 0 saturated carbocycles. The Morgan fingerprint density at radius 2 is 1.79 bits per heavy atom. The summed E-state index contributed by atoms with van der Waals surface area (Å²) in [5.41, 5.74) is 4.09. The van der Waals surface area contributed by atoms with Crippen molar-refractivity contribution >= 4 is 17.6 Å². The van der Waals surface area contributed by atoms with Crippen LogP contribution >= 0.6 is 0 Å². The molecule has 2 rings (SSSR count). The Labute approximate surface area is 142 Å². The van der Waals surface area contributed by atoms with Gasteiger partial charge < -0.3 is 10.1 Å². The zero-order chi connectivity index (χ0) is 17.7. The van der Waals surface area contributed by atoms with Gasteiger partial charge in [0.25, 0.3) is 5.91 Å². The number of hydrogen-bond donors (Lipinski definition) is 1. The van der Waals surface area contributed by atoms with E-state index in [-0.39, 0.29) is 12.5 Å². The predicted octanol–water partition coefficient (Wildman–Crippen LogP) is 4.22. The van der Waals surface area contributed by atoms with Gasteiger partial charge in [-0.1, -0.05) is 49.7 Å². The van der Waals surface area contributed by atoms with Crippen LogP contribution in [-0.2, 0) is 9.53 Å². The largest absolute Gasteiger partial charge is 0.452 e. The molecule has 0 aliphatic carbocycles. The third-order valence-electron chi connectivity index (χ3n) is 3.80. The highest BCUT2D eigenvalue weighted by molar-refractivity contribution is 5.96. The Balaban J connectivity index is 1.99. The Morgan fingerprint density at radius 1 is 1.08 bits per heavy atom. The summed E-state index contributed by atoms with van der Waals surface area (Å²) in [6.07, 6.45) is 0. The molecular weight excluding hydrogens is 302 g/mol. The number of amides is 1. The second-order valence-corrected chi connectivity index (χ2v) is 6.18. The molecular formula is C20H23NO3. The van der Waals surface area contributed by atoms with Crippen LogP contribution < -0.4 is 5.32 Å². The second kappa shape index (κ2) is 7.77. The van der Waals surface area contributed by atoms with Gasteiger partial charge in [-0.05, 0) is 43.0 Å². The van der Waals surface area contributed by atoms with Crippen molar-refractivity contribution < 1.29 is 14.3 Å². The van der Waals surface area contributed by atoms with Crippen molar-refractivity contribution in [3.05, 3.63) is 64.7 Å². The van der Waals surface area contributed by atoms with E-state index in [0.29, 0.717) is 11.5 Å². The first-order valence-corrected chi connectivity index (χ1v) is 8.01. The molecule has 0 aromatic heterocycles. The molecule has 4 nitrogen and oxygen atoms in total. The van der Waals surface area contributed by atoms with E-state index in [2.05, 4.69) is 19.2 Å². The van der Waals surface area contributed by atoms with Gasteiger partial charge in [0, 0.05) is 5.69 Å². The van der Waals surface area contributed by atoms with Crippen LogP contribution in [0, 0.1) is 13.8 Å². The van der Waals surface area contributed by atoms with Crippen molar-refractivity contribution in [1.82, 2.24) is 0 Å². The van der Waals surface area contributed by atoms with Crippen molar-refractivity contribution in [2.75, 3.05) is 11.9 Å². The number of rotatable bonds is 5. The average Bonchev–Trinajstić information content (AvgIpc) is 2.55. The van der Waals surface area contributed by atoms with Gasteiger partial charge in [0.2, 0.25) is 0 Å². The van der Waals surface area contributed by atoms with Crippen LogP contribution in [-0.4, -0.2) is 18.5 Å². The normalized spacial score (nSPS) is 10.5. The third-order valence-corrected chi connectivity index (χ3v) is 3.80. The highest BCUT2D eigenvalue weighted by atomic mass is 16.5. The highest BCUT2D eigenvalue weighted by Gasteiger charge is 2.14. The number of carbonyl (C=O) groups excluding carboxylic acids is 2. The summed E-state index contributed by atoms with van der Waals surface area (Å²) in [7, 11) is 0. The molecule has 0 radical (unpaired) electrons. The molecule has 4 heteroatoms. The lowest BCUT2D eigenvalue weighted by atomic mass is 10.0. The molecule has 0 atom stereocenters. The first-order valence-electron chi connectivity index (χ1n) is 8.01. The van der Waals surface area contributed by atoms with E-state index in [4.69, 9.17) is 4.74 Å². The summed E-state index contributed by atoms with van der Waals surface area (Å²) < 4.78 is 5.15. The van der Waals surface area contributed by atoms with Crippen LogP contribution in [0.15, 0.2) is 42.5 Å². The van der Waals surface area contributed by atoms with Gasteiger partial charge in [-0.3, -0.25) is 4.79 Å². The van der Waals surface area contributed by atoms with Crippen LogP contribution in [0.1, 0.15) is 46.8 Å². The maximum absolute atomic E-state index is 12.1. The first-order chi connectivity index (χ1) is 11.4. The first kappa shape index (κ1) is 17.7. The molecule has 126 valence electrons. The minimum atomic E-state index is -0.483. The molecule has 0 heterocycles. The number of carbonyl (C=O) groups is 2. The summed E-state index contributed by atoms with van der Waals surface area (Å²) in [5.74, 6) is -0.538. The van der Waals surface area contributed by atoms with Gasteiger partial charge in [0.15, 0.2) is 6.61 Å². The van der Waals surface area contributed by atoms with E-state index in [1.807, 2.05) is 50.2 Å². The molecule has 0 spiro atoms. The van der Waals surface area contributed by atoms with Gasteiger partial charge in [0.1, 0.15) is 0 Å². The monoisotopic (exact) mass is 325 g/mol. The SMILES string of the molecule is Cc1ccc(C)c(C(=O)OCC(=O)Nc2ccccc2C(C)C)c1. The molecule has 1 amide bonds. The van der Waals surface area contributed by atoms with Crippen molar-refractivity contribution in [1.29, 1.82) is 0 Å². The number of benzene rings is 2. The fourth-order valence-electron chi connectivity index (χ4n) is 2.47. The van der Waals surface area contributed by atoms with Gasteiger partial charge >= 0.3 is 5.97 Å². The van der Waals surface area contributed by atoms with Gasteiger partial charge in [0.05, 0.1) is 5.56 Å². The van der Waals surface area contributed by atoms with Crippen molar-refractivity contribution in [2.45, 2.75) is 33.6 Å². The van der Waals surface area contributed by atoms with E-state index < -0.39 is 5.97 Å². The van der Waals surface area contributed by atoms with Crippen LogP contribution in [0.25, 0.3) is 0 Å². The van der Waals surface area contributed by atoms with E-state index in [1.165, 1.54) is 0 Å². The summed E-state index contributed by atoms with van der Waals surface area (Å²) in [6, 6.07) is 13.2. The van der Waals surface area contributed by atoms with Crippen LogP contribution in [0.3, 0.4) is 0 Å². The topological polar surface area (TPSA) is 55.4 Å². The van der Waals surface area contributed by atoms with Gasteiger partial charge in [-0.25, -0.2) is 4.79 Å². The van der Waals surface area contributed by atoms with E-state index in [1.54, 1.807) is 6.07 Å². The molecule has 0 saturated heterocycles. The van der Waals surface area contributed by atoms with Gasteiger partial charge in [-0.15, -0.1) is 0 Å². The number of para-hydroxylation sites is 1. The minimum absolute atomic E-state index is 0.291. The van der Waals surface area contributed by atoms with E-state index in [9.17, 15) is 9.59 Å². The highest BCUT2D eigenvalue weighted by Crippen LogP contribution is 2.23. The Morgan fingerprint density at radius 3 is 2.50 bits per heavy atom. The van der Waals surface area contributed by atoms with Crippen LogP contribution in [0.4, 0.5) is 5.69 Å². The number of hydrogen-bond acceptors (Lipinski definition) is 3. The minimum Gasteiger partial charge on any atom is -0.452 e. The average molecular weight is 325 g/mol. The Kier molecular flexibility index (Phi) is 5.74. The lowest BCUT2D eigenvalue weighted by Crippen LogP contribution is -2.22. The lowest BCUT2D eigenvalue weighted by Gasteiger charge is -2.14. The summed E-state index contributed by atoms with van der Waals surface area (Å²) in [6.45, 7) is 7.57. The summed E-state index contributed by atoms with van der Waals surface area (Å²) >= 11 is 0. The zero-order valence-electron chi connectivity index (χ0n) is 14.6. The zero-order valence-corrected chi connectivity index (χ0v) is 14.6. The maximum Gasteiger partial charge on any atom is 0.338 e. The number of aryl methyl sites for hydroxylation is 2. The van der Waals surface area contributed by atoms with E-state index >= 15 is 0 Å². The molecule has 0 fully saturated rings. The standard InChI is InChI=1S/C20H23NO3/c1-13(2)16-7-5-6-8-18(16)21-19(22)12-24-20(23)17-11-14(3)9-10-15(17)4/h5-11,13H,12H2,1-4H3,(H,21,22). The molecule has 24 heavy (non-hydrogen) atoms. The second-order valence-electron chi connectivity index (χ2n) is 6.18. The smallest absolute Gasteiger partial charge is 0.338 e. The van der Waals surface area contributed by atoms with Crippen molar-refractivity contribution in [2.24, 2.45) is 0 Å². The van der Waals surface area contributed by atoms with Crippen molar-refractivity contribution in [3.63, 3.8) is 0 Å². The molecule has 1 N–H and O–H groups in total. The molecule has 0 unspecified atom stereocenters. The van der Waals surface area contributed by atoms with Crippen LogP contribution in [0.5, 0.6) is 0 Å². The number of nitrogens with one attached hydrogen (secondary N) is 1. The summed E-state index contributed by atoms with van der Waals surface area (Å²) in [5, 5.41) is 2.81. The molecule has 0 aliphatic rings. The predicted molar refractivity (Wildman–Crippen MR) is 95.4 cm³/mol. The van der Waals surface area contributed by atoms with E-state index in [0.717, 1.165) is 22.4 Å². The fraction of sp³-hybridized carbons (Fsp3) is 0.300. The maximum atomic E-state index is 12.1. The number of anilines is 1. The van der Waals surface area contributed by atoms with Crippen LogP contribution in [0.2, 0.25) is 0 Å².